The van der Waals surface area contributed by atoms with E-state index in [1.807, 2.05) is 19.9 Å². The van der Waals surface area contributed by atoms with Gasteiger partial charge in [-0.3, -0.25) is 24.5 Å². The number of nitrogens with zero attached hydrogens (tertiary/aromatic N) is 3. The van der Waals surface area contributed by atoms with Gasteiger partial charge >= 0.3 is 5.76 Å². The van der Waals surface area contributed by atoms with Crippen LogP contribution in [0.4, 0.5) is 11.4 Å². The van der Waals surface area contributed by atoms with E-state index in [1.165, 1.54) is 12.1 Å². The smallest absolute Gasteiger partial charge is 0.407 e. The van der Waals surface area contributed by atoms with Crippen LogP contribution in [-0.4, -0.2) is 20.4 Å². The highest BCUT2D eigenvalue weighted by Crippen LogP contribution is 2.21. The average molecular weight is 356 g/mol. The van der Waals surface area contributed by atoms with Crippen LogP contribution in [0.3, 0.4) is 0 Å². The van der Waals surface area contributed by atoms with Crippen LogP contribution in [0, 0.1) is 30.9 Å². The van der Waals surface area contributed by atoms with Crippen molar-refractivity contribution in [3.05, 3.63) is 61.9 Å². The van der Waals surface area contributed by atoms with Gasteiger partial charge in [0.15, 0.2) is 5.58 Å². The standard InChI is InChI=1S/C17H16N4O5/c1-9-6-10(2)18-11(3)16(9)19-15(22)8-20-13-5-4-12(21(24)25)7-14(13)26-17(20)23/h4-7H,8H2,1-3H3,(H,19,22). The Bertz CT molecular complexity index is 1070. The molecule has 1 amide bonds. The lowest BCUT2D eigenvalue weighted by molar-refractivity contribution is -0.384. The molecular formula is C17H16N4O5. The van der Waals surface area contributed by atoms with Crippen LogP contribution in [0.5, 0.6) is 0 Å². The predicted molar refractivity (Wildman–Crippen MR) is 94.2 cm³/mol. The summed E-state index contributed by atoms with van der Waals surface area (Å²) >= 11 is 0. The van der Waals surface area contributed by atoms with E-state index >= 15 is 0 Å². The fraction of sp³-hybridized carbons (Fsp3) is 0.235. The first-order valence-corrected chi connectivity index (χ1v) is 7.78. The van der Waals surface area contributed by atoms with E-state index in [4.69, 9.17) is 4.42 Å². The zero-order valence-corrected chi connectivity index (χ0v) is 14.4. The third-order valence-electron chi connectivity index (χ3n) is 3.95. The van der Waals surface area contributed by atoms with E-state index in [0.717, 1.165) is 21.9 Å². The molecule has 0 spiro atoms. The molecule has 9 heteroatoms. The number of nitro groups is 1. The number of carbonyl (C=O) groups is 1. The molecule has 0 saturated carbocycles. The van der Waals surface area contributed by atoms with Crippen molar-refractivity contribution in [2.75, 3.05) is 5.32 Å². The Balaban J connectivity index is 1.89. The number of anilines is 1. The molecule has 0 aliphatic heterocycles. The molecular weight excluding hydrogens is 340 g/mol. The molecule has 0 fully saturated rings. The van der Waals surface area contributed by atoms with Gasteiger partial charge in [-0.25, -0.2) is 4.79 Å². The third kappa shape index (κ3) is 3.18. The molecule has 9 nitrogen and oxygen atoms in total. The maximum Gasteiger partial charge on any atom is 0.420 e. The zero-order valence-electron chi connectivity index (χ0n) is 14.4. The minimum atomic E-state index is -0.758. The first-order chi connectivity index (χ1) is 12.3. The van der Waals surface area contributed by atoms with Crippen molar-refractivity contribution in [3.63, 3.8) is 0 Å². The zero-order chi connectivity index (χ0) is 19.0. The maximum atomic E-state index is 12.4. The minimum absolute atomic E-state index is 0.0568. The summed E-state index contributed by atoms with van der Waals surface area (Å²) in [7, 11) is 0. The molecule has 0 aliphatic rings. The summed E-state index contributed by atoms with van der Waals surface area (Å²) in [6.07, 6.45) is 0. The summed E-state index contributed by atoms with van der Waals surface area (Å²) in [4.78, 5) is 39.0. The lowest BCUT2D eigenvalue weighted by Gasteiger charge is -2.12. The number of nitrogens with one attached hydrogen (secondary N) is 1. The van der Waals surface area contributed by atoms with Gasteiger partial charge in [-0.05, 0) is 38.5 Å². The Morgan fingerprint density at radius 3 is 2.69 bits per heavy atom. The first kappa shape index (κ1) is 17.3. The van der Waals surface area contributed by atoms with Crippen LogP contribution < -0.4 is 11.1 Å². The van der Waals surface area contributed by atoms with Crippen LogP contribution in [0.1, 0.15) is 17.0 Å². The van der Waals surface area contributed by atoms with Crippen molar-refractivity contribution >= 4 is 28.4 Å². The highest BCUT2D eigenvalue weighted by molar-refractivity contribution is 5.92. The Hall–Kier alpha value is -3.49. The number of amides is 1. The summed E-state index contributed by atoms with van der Waals surface area (Å²) in [5.74, 6) is -1.18. The van der Waals surface area contributed by atoms with Crippen molar-refractivity contribution < 1.29 is 14.1 Å². The van der Waals surface area contributed by atoms with E-state index in [0.29, 0.717) is 16.9 Å². The van der Waals surface area contributed by atoms with Crippen LogP contribution in [0.15, 0.2) is 33.5 Å². The normalized spacial score (nSPS) is 10.9. The number of non-ortho nitro benzene ring substituents is 1. The van der Waals surface area contributed by atoms with Gasteiger partial charge in [0, 0.05) is 11.8 Å². The molecule has 2 aromatic heterocycles. The van der Waals surface area contributed by atoms with Gasteiger partial charge < -0.3 is 9.73 Å². The van der Waals surface area contributed by atoms with Crippen LogP contribution in [0.2, 0.25) is 0 Å². The molecule has 1 N–H and O–H groups in total. The molecule has 26 heavy (non-hydrogen) atoms. The van der Waals surface area contributed by atoms with E-state index in [-0.39, 0.29) is 17.8 Å². The second-order valence-corrected chi connectivity index (χ2v) is 5.95. The predicted octanol–water partition coefficient (Wildman–Crippen LogP) is 2.46. The van der Waals surface area contributed by atoms with Gasteiger partial charge in [0.1, 0.15) is 6.54 Å². The number of nitro benzene ring substituents is 1. The van der Waals surface area contributed by atoms with Gasteiger partial charge in [0.2, 0.25) is 5.91 Å². The highest BCUT2D eigenvalue weighted by Gasteiger charge is 2.17. The number of hydrogen-bond acceptors (Lipinski definition) is 6. The summed E-state index contributed by atoms with van der Waals surface area (Å²) in [5.41, 5.74) is 3.15. The molecule has 0 radical (unpaired) electrons. The van der Waals surface area contributed by atoms with E-state index < -0.39 is 16.6 Å². The number of oxazole rings is 1. The van der Waals surface area contributed by atoms with Crippen molar-refractivity contribution in [1.82, 2.24) is 9.55 Å². The lowest BCUT2D eigenvalue weighted by atomic mass is 10.1. The number of pyridine rings is 1. The largest absolute Gasteiger partial charge is 0.420 e. The molecule has 0 aliphatic carbocycles. The summed E-state index contributed by atoms with van der Waals surface area (Å²) in [6, 6.07) is 5.64. The third-order valence-corrected chi connectivity index (χ3v) is 3.95. The second-order valence-electron chi connectivity index (χ2n) is 5.95. The van der Waals surface area contributed by atoms with Crippen molar-refractivity contribution in [2.45, 2.75) is 27.3 Å². The first-order valence-electron chi connectivity index (χ1n) is 7.78. The van der Waals surface area contributed by atoms with E-state index in [9.17, 15) is 19.7 Å². The summed E-state index contributed by atoms with van der Waals surface area (Å²) in [6.45, 7) is 5.22. The van der Waals surface area contributed by atoms with Crippen LogP contribution in [0.25, 0.3) is 11.1 Å². The van der Waals surface area contributed by atoms with Crippen molar-refractivity contribution in [3.8, 4) is 0 Å². The highest BCUT2D eigenvalue weighted by atomic mass is 16.6. The number of aromatic nitrogens is 2. The summed E-state index contributed by atoms with van der Waals surface area (Å²) in [5, 5.41) is 13.6. The van der Waals surface area contributed by atoms with Crippen LogP contribution >= 0.6 is 0 Å². The van der Waals surface area contributed by atoms with Gasteiger partial charge in [-0.1, -0.05) is 0 Å². The molecule has 0 bridgehead atoms. The fourth-order valence-corrected chi connectivity index (χ4v) is 2.85. The molecule has 1 aromatic carbocycles. The molecule has 2 heterocycles. The maximum absolute atomic E-state index is 12.4. The number of aryl methyl sites for hydroxylation is 3. The van der Waals surface area contributed by atoms with E-state index in [1.54, 1.807) is 6.92 Å². The molecule has 0 atom stereocenters. The van der Waals surface area contributed by atoms with Crippen LogP contribution in [-0.2, 0) is 11.3 Å². The average Bonchev–Trinajstić information content (AvgIpc) is 2.85. The Kier molecular flexibility index (Phi) is 4.29. The van der Waals surface area contributed by atoms with Gasteiger partial charge in [-0.2, -0.15) is 0 Å². The van der Waals surface area contributed by atoms with Gasteiger partial charge in [0.25, 0.3) is 5.69 Å². The Morgan fingerprint density at radius 2 is 2.04 bits per heavy atom. The number of benzene rings is 1. The monoisotopic (exact) mass is 356 g/mol. The summed E-state index contributed by atoms with van der Waals surface area (Å²) < 4.78 is 6.14. The van der Waals surface area contributed by atoms with Gasteiger partial charge in [0.05, 0.1) is 27.9 Å². The van der Waals surface area contributed by atoms with Crippen molar-refractivity contribution in [2.24, 2.45) is 0 Å². The lowest BCUT2D eigenvalue weighted by Crippen LogP contribution is -2.25. The molecule has 134 valence electrons. The molecule has 3 rings (SSSR count). The Labute approximate surface area is 147 Å². The quantitative estimate of drug-likeness (QED) is 0.566. The van der Waals surface area contributed by atoms with E-state index in [2.05, 4.69) is 10.3 Å². The molecule has 3 aromatic rings. The second kappa shape index (κ2) is 6.43. The van der Waals surface area contributed by atoms with Gasteiger partial charge in [-0.15, -0.1) is 0 Å². The number of fused-ring (bicyclic) bond motifs is 1. The SMILES string of the molecule is Cc1cc(C)c(NC(=O)Cn2c(=O)oc3cc([N+](=O)[O-])ccc32)c(C)n1. The minimum Gasteiger partial charge on any atom is -0.407 e. The number of rotatable bonds is 4. The molecule has 0 saturated heterocycles. The number of carbonyl (C=O) groups excluding carboxylic acids is 1. The topological polar surface area (TPSA) is 120 Å². The number of hydrogen-bond donors (Lipinski definition) is 1. The fourth-order valence-electron chi connectivity index (χ4n) is 2.85. The van der Waals surface area contributed by atoms with Crippen molar-refractivity contribution in [1.29, 1.82) is 0 Å². The molecule has 0 unspecified atom stereocenters. The Morgan fingerprint density at radius 1 is 1.31 bits per heavy atom.